The second kappa shape index (κ2) is 7.11. The lowest BCUT2D eigenvalue weighted by Crippen LogP contribution is -2.20. The fourth-order valence-electron chi connectivity index (χ4n) is 2.15. The SMILES string of the molecule is CNS(=O)(=O)c1ccc(F)c(C(=O)Nc2ccc(C)c(S(N)(=O)=O)c2)c1. The van der Waals surface area contributed by atoms with E-state index in [4.69, 9.17) is 5.14 Å². The van der Waals surface area contributed by atoms with Crippen LogP contribution in [0.25, 0.3) is 0 Å². The number of aryl methyl sites for hydroxylation is 1. The van der Waals surface area contributed by atoms with Gasteiger partial charge in [0.2, 0.25) is 20.0 Å². The van der Waals surface area contributed by atoms with E-state index < -0.39 is 37.3 Å². The van der Waals surface area contributed by atoms with E-state index in [-0.39, 0.29) is 15.5 Å². The summed E-state index contributed by atoms with van der Waals surface area (Å²) in [5.74, 6) is -1.88. The van der Waals surface area contributed by atoms with Gasteiger partial charge in [0.05, 0.1) is 15.4 Å². The highest BCUT2D eigenvalue weighted by Crippen LogP contribution is 2.21. The summed E-state index contributed by atoms with van der Waals surface area (Å²) in [5, 5.41) is 7.42. The first kappa shape index (κ1) is 20.0. The lowest BCUT2D eigenvalue weighted by Gasteiger charge is -2.10. The minimum Gasteiger partial charge on any atom is -0.322 e. The van der Waals surface area contributed by atoms with Crippen molar-refractivity contribution in [3.05, 3.63) is 53.3 Å². The van der Waals surface area contributed by atoms with Gasteiger partial charge in [0.25, 0.3) is 5.91 Å². The molecule has 2 aromatic carbocycles. The standard InChI is InChI=1S/C15H16FN3O5S2/c1-9-3-4-10(7-14(9)25(17,21)22)19-15(20)12-8-11(5-6-13(12)16)26(23,24)18-2/h3-8,18H,1-2H3,(H,19,20)(H2,17,21,22). The molecule has 0 saturated heterocycles. The largest absolute Gasteiger partial charge is 0.322 e. The number of nitrogens with two attached hydrogens (primary N) is 1. The van der Waals surface area contributed by atoms with Crippen LogP contribution in [0.2, 0.25) is 0 Å². The van der Waals surface area contributed by atoms with Crippen LogP contribution in [0.4, 0.5) is 10.1 Å². The smallest absolute Gasteiger partial charge is 0.258 e. The maximum atomic E-state index is 14.0. The molecule has 1 amide bonds. The Bertz CT molecular complexity index is 1080. The number of primary sulfonamides is 1. The van der Waals surface area contributed by atoms with E-state index in [1.54, 1.807) is 0 Å². The van der Waals surface area contributed by atoms with Crippen molar-refractivity contribution >= 4 is 31.6 Å². The minimum absolute atomic E-state index is 0.0610. The molecule has 0 aliphatic heterocycles. The molecule has 0 aliphatic rings. The van der Waals surface area contributed by atoms with Crippen molar-refractivity contribution in [2.75, 3.05) is 12.4 Å². The Hall–Kier alpha value is -2.34. The number of rotatable bonds is 5. The van der Waals surface area contributed by atoms with Crippen molar-refractivity contribution in [3.8, 4) is 0 Å². The average Bonchev–Trinajstić information content (AvgIpc) is 2.55. The number of halogens is 1. The van der Waals surface area contributed by atoms with Gasteiger partial charge in [-0.15, -0.1) is 0 Å². The number of amides is 1. The maximum absolute atomic E-state index is 14.0. The third kappa shape index (κ3) is 4.25. The van der Waals surface area contributed by atoms with Gasteiger partial charge in [-0.1, -0.05) is 6.07 Å². The van der Waals surface area contributed by atoms with Gasteiger partial charge < -0.3 is 5.32 Å². The van der Waals surface area contributed by atoms with Gasteiger partial charge in [0.15, 0.2) is 0 Å². The summed E-state index contributed by atoms with van der Waals surface area (Å²) in [4.78, 5) is 11.8. The van der Waals surface area contributed by atoms with Gasteiger partial charge in [-0.25, -0.2) is 31.1 Å². The van der Waals surface area contributed by atoms with E-state index in [1.165, 1.54) is 26.1 Å². The summed E-state index contributed by atoms with van der Waals surface area (Å²) >= 11 is 0. The number of carbonyl (C=O) groups is 1. The monoisotopic (exact) mass is 401 g/mol. The van der Waals surface area contributed by atoms with E-state index in [2.05, 4.69) is 10.0 Å². The number of nitrogens with one attached hydrogen (secondary N) is 2. The number of hydrogen-bond donors (Lipinski definition) is 3. The summed E-state index contributed by atoms with van der Waals surface area (Å²) in [5.41, 5.74) is -0.0799. The molecule has 0 aromatic heterocycles. The lowest BCUT2D eigenvalue weighted by atomic mass is 10.2. The van der Waals surface area contributed by atoms with Gasteiger partial charge in [-0.3, -0.25) is 4.79 Å². The zero-order chi connectivity index (χ0) is 19.7. The highest BCUT2D eigenvalue weighted by atomic mass is 32.2. The van der Waals surface area contributed by atoms with Crippen molar-refractivity contribution in [3.63, 3.8) is 0 Å². The molecule has 0 spiro atoms. The molecule has 0 aliphatic carbocycles. The quantitative estimate of drug-likeness (QED) is 0.685. The van der Waals surface area contributed by atoms with Crippen molar-refractivity contribution in [1.29, 1.82) is 0 Å². The first-order chi connectivity index (χ1) is 12.0. The van der Waals surface area contributed by atoms with Crippen LogP contribution in [0.15, 0.2) is 46.2 Å². The molecule has 8 nitrogen and oxygen atoms in total. The summed E-state index contributed by atoms with van der Waals surface area (Å²) in [7, 11) is -6.69. The molecule has 0 heterocycles. The van der Waals surface area contributed by atoms with Crippen molar-refractivity contribution in [1.82, 2.24) is 4.72 Å². The number of benzene rings is 2. The Balaban J connectivity index is 2.41. The average molecular weight is 401 g/mol. The Morgan fingerprint density at radius 3 is 2.31 bits per heavy atom. The molecular weight excluding hydrogens is 385 g/mol. The third-order valence-corrected chi connectivity index (χ3v) is 5.98. The molecule has 0 saturated carbocycles. The first-order valence-corrected chi connectivity index (χ1v) is 10.2. The van der Waals surface area contributed by atoms with E-state index in [0.717, 1.165) is 24.3 Å². The molecule has 4 N–H and O–H groups in total. The fourth-order valence-corrected chi connectivity index (χ4v) is 3.71. The Morgan fingerprint density at radius 2 is 1.73 bits per heavy atom. The highest BCUT2D eigenvalue weighted by molar-refractivity contribution is 7.89. The summed E-state index contributed by atoms with van der Waals surface area (Å²) in [6, 6.07) is 6.72. The van der Waals surface area contributed by atoms with E-state index in [0.29, 0.717) is 5.56 Å². The summed E-state index contributed by atoms with van der Waals surface area (Å²) in [6.07, 6.45) is 0. The minimum atomic E-state index is -4.01. The third-order valence-electron chi connectivity index (χ3n) is 3.51. The molecule has 2 rings (SSSR count). The topological polar surface area (TPSA) is 135 Å². The van der Waals surface area contributed by atoms with Crippen LogP contribution < -0.4 is 15.2 Å². The molecule has 0 atom stereocenters. The number of carbonyl (C=O) groups excluding carboxylic acids is 1. The van der Waals surface area contributed by atoms with Crippen LogP contribution in [0.1, 0.15) is 15.9 Å². The van der Waals surface area contributed by atoms with Gasteiger partial charge in [0.1, 0.15) is 5.82 Å². The molecule has 2 aromatic rings. The van der Waals surface area contributed by atoms with E-state index >= 15 is 0 Å². The summed E-state index contributed by atoms with van der Waals surface area (Å²) in [6.45, 7) is 1.52. The Labute approximate surface area is 150 Å². The van der Waals surface area contributed by atoms with Crippen LogP contribution in [-0.2, 0) is 20.0 Å². The maximum Gasteiger partial charge on any atom is 0.258 e. The second-order valence-corrected chi connectivity index (χ2v) is 8.74. The van der Waals surface area contributed by atoms with Crippen LogP contribution in [0.5, 0.6) is 0 Å². The molecule has 140 valence electrons. The van der Waals surface area contributed by atoms with Crippen molar-refractivity contribution < 1.29 is 26.0 Å². The number of anilines is 1. The zero-order valence-electron chi connectivity index (χ0n) is 13.8. The first-order valence-electron chi connectivity index (χ1n) is 7.13. The van der Waals surface area contributed by atoms with E-state index in [9.17, 15) is 26.0 Å². The molecule has 0 fully saturated rings. The van der Waals surface area contributed by atoms with Gasteiger partial charge in [-0.2, -0.15) is 0 Å². The highest BCUT2D eigenvalue weighted by Gasteiger charge is 2.19. The molecule has 0 unspecified atom stereocenters. The summed E-state index contributed by atoms with van der Waals surface area (Å²) < 4.78 is 62.7. The van der Waals surface area contributed by atoms with Crippen LogP contribution in [-0.4, -0.2) is 29.8 Å². The normalized spacial score (nSPS) is 12.0. The number of sulfonamides is 2. The molecule has 11 heteroatoms. The molecular formula is C15H16FN3O5S2. The fraction of sp³-hybridized carbons (Fsp3) is 0.133. The van der Waals surface area contributed by atoms with Crippen molar-refractivity contribution in [2.45, 2.75) is 16.7 Å². The van der Waals surface area contributed by atoms with Gasteiger partial charge in [0, 0.05) is 5.69 Å². The van der Waals surface area contributed by atoms with Crippen LogP contribution >= 0.6 is 0 Å². The lowest BCUT2D eigenvalue weighted by molar-refractivity contribution is 0.102. The second-order valence-electron chi connectivity index (χ2n) is 5.33. The van der Waals surface area contributed by atoms with Gasteiger partial charge >= 0.3 is 0 Å². The van der Waals surface area contributed by atoms with Crippen LogP contribution in [0, 0.1) is 12.7 Å². The zero-order valence-corrected chi connectivity index (χ0v) is 15.4. The van der Waals surface area contributed by atoms with E-state index in [1.807, 2.05) is 0 Å². The molecule has 0 bridgehead atoms. The molecule has 26 heavy (non-hydrogen) atoms. The van der Waals surface area contributed by atoms with Crippen molar-refractivity contribution in [2.24, 2.45) is 5.14 Å². The van der Waals surface area contributed by atoms with Crippen LogP contribution in [0.3, 0.4) is 0 Å². The Morgan fingerprint density at radius 1 is 1.08 bits per heavy atom. The predicted octanol–water partition coefficient (Wildman–Crippen LogP) is 0.942. The molecule has 0 radical (unpaired) electrons. The predicted molar refractivity (Wildman–Crippen MR) is 93.2 cm³/mol. The Kier molecular flexibility index (Phi) is 5.47. The number of hydrogen-bond acceptors (Lipinski definition) is 5. The van der Waals surface area contributed by atoms with Gasteiger partial charge in [-0.05, 0) is 49.9 Å².